The summed E-state index contributed by atoms with van der Waals surface area (Å²) >= 11 is 0. The van der Waals surface area contributed by atoms with Crippen molar-refractivity contribution in [1.29, 1.82) is 0 Å². The molecule has 2 saturated heterocycles. The van der Waals surface area contributed by atoms with Gasteiger partial charge < -0.3 is 15.5 Å². The average molecular weight is 378 g/mol. The molecular weight excluding hydrogens is 352 g/mol. The molecule has 2 aliphatic rings. The molecule has 0 radical (unpaired) electrons. The molecule has 0 saturated carbocycles. The lowest BCUT2D eigenvalue weighted by Crippen LogP contribution is -2.52. The van der Waals surface area contributed by atoms with Crippen LogP contribution in [0.15, 0.2) is 42.5 Å². The van der Waals surface area contributed by atoms with Crippen LogP contribution in [0.25, 0.3) is 0 Å². The maximum Gasteiger partial charge on any atom is 0.322 e. The van der Waals surface area contributed by atoms with Crippen molar-refractivity contribution in [3.8, 4) is 0 Å². The van der Waals surface area contributed by atoms with Gasteiger partial charge in [-0.15, -0.1) is 0 Å². The summed E-state index contributed by atoms with van der Waals surface area (Å²) in [6.45, 7) is 6.89. The van der Waals surface area contributed by atoms with Crippen molar-refractivity contribution in [1.82, 2.24) is 10.2 Å². The third kappa shape index (κ3) is 3.81. The number of anilines is 2. The van der Waals surface area contributed by atoms with Gasteiger partial charge in [0.2, 0.25) is 0 Å². The van der Waals surface area contributed by atoms with E-state index < -0.39 is 0 Å². The Bertz CT molecular complexity index is 888. The van der Waals surface area contributed by atoms with Crippen LogP contribution in [0.1, 0.15) is 16.7 Å². The number of nitrogens with one attached hydrogen (secondary N) is 2. The van der Waals surface area contributed by atoms with Crippen molar-refractivity contribution >= 4 is 23.4 Å². The number of amides is 4. The molecule has 2 heterocycles. The molecule has 2 aromatic carbocycles. The normalized spacial score (nSPS) is 16.7. The van der Waals surface area contributed by atoms with Crippen LogP contribution in [0.5, 0.6) is 0 Å². The van der Waals surface area contributed by atoms with Crippen molar-refractivity contribution in [2.75, 3.05) is 36.4 Å². The fourth-order valence-electron chi connectivity index (χ4n) is 3.80. The molecule has 0 atom stereocenters. The fourth-order valence-corrected chi connectivity index (χ4v) is 3.80. The number of aryl methyl sites for hydroxylation is 2. The number of likely N-dealkylation sites (tertiary alicyclic amines) is 1. The van der Waals surface area contributed by atoms with Crippen molar-refractivity contribution < 1.29 is 9.59 Å². The van der Waals surface area contributed by atoms with E-state index in [4.69, 9.17) is 0 Å². The lowest BCUT2D eigenvalue weighted by molar-refractivity contribution is 0.131. The Morgan fingerprint density at radius 2 is 1.89 bits per heavy atom. The van der Waals surface area contributed by atoms with Gasteiger partial charge in [-0.25, -0.2) is 9.59 Å². The SMILES string of the molecule is Cc1ccc(CC2CN(C(=O)Nc3ccc(C)c(N4CCNC4=O)c3)C2)cc1. The van der Waals surface area contributed by atoms with Gasteiger partial charge in [-0.3, -0.25) is 4.90 Å². The fraction of sp³-hybridized carbons (Fsp3) is 0.364. The monoisotopic (exact) mass is 378 g/mol. The quantitative estimate of drug-likeness (QED) is 0.855. The number of rotatable bonds is 4. The van der Waals surface area contributed by atoms with Crippen molar-refractivity contribution in [2.24, 2.45) is 5.92 Å². The van der Waals surface area contributed by atoms with Crippen LogP contribution < -0.4 is 15.5 Å². The summed E-state index contributed by atoms with van der Waals surface area (Å²) < 4.78 is 0. The van der Waals surface area contributed by atoms with Gasteiger partial charge in [-0.2, -0.15) is 0 Å². The molecule has 2 aliphatic heterocycles. The first-order chi connectivity index (χ1) is 13.5. The maximum absolute atomic E-state index is 12.5. The Kier molecular flexibility index (Phi) is 4.94. The van der Waals surface area contributed by atoms with Crippen molar-refractivity contribution in [3.63, 3.8) is 0 Å². The Hall–Kier alpha value is -3.02. The molecule has 146 valence electrons. The van der Waals surface area contributed by atoms with E-state index in [9.17, 15) is 9.59 Å². The van der Waals surface area contributed by atoms with Gasteiger partial charge >= 0.3 is 12.1 Å². The molecule has 6 nitrogen and oxygen atoms in total. The third-order valence-electron chi connectivity index (χ3n) is 5.50. The van der Waals surface area contributed by atoms with Crippen LogP contribution in [-0.4, -0.2) is 43.1 Å². The number of carbonyl (C=O) groups excluding carboxylic acids is 2. The molecule has 6 heteroatoms. The lowest BCUT2D eigenvalue weighted by Gasteiger charge is -2.39. The van der Waals surface area contributed by atoms with E-state index in [0.29, 0.717) is 24.7 Å². The Morgan fingerprint density at radius 1 is 1.14 bits per heavy atom. The zero-order valence-corrected chi connectivity index (χ0v) is 16.4. The topological polar surface area (TPSA) is 64.7 Å². The van der Waals surface area contributed by atoms with Gasteiger partial charge in [0.25, 0.3) is 0 Å². The van der Waals surface area contributed by atoms with Crippen LogP contribution in [0.2, 0.25) is 0 Å². The second kappa shape index (κ2) is 7.54. The minimum absolute atomic E-state index is 0.0826. The van der Waals surface area contributed by atoms with Gasteiger partial charge in [0.15, 0.2) is 0 Å². The second-order valence-electron chi connectivity index (χ2n) is 7.78. The molecule has 2 aromatic rings. The van der Waals surface area contributed by atoms with E-state index in [1.54, 1.807) is 4.90 Å². The molecular formula is C22H26N4O2. The standard InChI is InChI=1S/C22H26N4O2/c1-15-3-6-17(7-4-15)11-18-13-25(14-18)22(28)24-19-8-5-16(2)20(12-19)26-10-9-23-21(26)27/h3-8,12,18H,9-11,13-14H2,1-2H3,(H,23,27)(H,24,28). The largest absolute Gasteiger partial charge is 0.336 e. The summed E-state index contributed by atoms with van der Waals surface area (Å²) in [5, 5.41) is 5.78. The number of nitrogens with zero attached hydrogens (tertiary/aromatic N) is 2. The zero-order chi connectivity index (χ0) is 19.7. The summed E-state index contributed by atoms with van der Waals surface area (Å²) in [5.74, 6) is 0.510. The van der Waals surface area contributed by atoms with Crippen molar-refractivity contribution in [2.45, 2.75) is 20.3 Å². The molecule has 4 amide bonds. The smallest absolute Gasteiger partial charge is 0.322 e. The summed E-state index contributed by atoms with van der Waals surface area (Å²) in [6.07, 6.45) is 1.00. The van der Waals surface area contributed by atoms with Crippen LogP contribution in [0, 0.1) is 19.8 Å². The highest BCUT2D eigenvalue weighted by molar-refractivity contribution is 5.96. The predicted octanol–water partition coefficient (Wildman–Crippen LogP) is 3.54. The number of benzene rings is 2. The average Bonchev–Trinajstić information content (AvgIpc) is 3.06. The highest BCUT2D eigenvalue weighted by Crippen LogP contribution is 2.27. The minimum atomic E-state index is -0.0896. The van der Waals surface area contributed by atoms with E-state index in [0.717, 1.165) is 30.8 Å². The number of hydrogen-bond donors (Lipinski definition) is 2. The van der Waals surface area contributed by atoms with Crippen molar-refractivity contribution in [3.05, 3.63) is 59.2 Å². The van der Waals surface area contributed by atoms with Crippen LogP contribution in [0.4, 0.5) is 21.0 Å². The number of urea groups is 2. The third-order valence-corrected chi connectivity index (χ3v) is 5.50. The minimum Gasteiger partial charge on any atom is -0.336 e. The molecule has 0 bridgehead atoms. The summed E-state index contributed by atoms with van der Waals surface area (Å²) in [4.78, 5) is 28.0. The highest BCUT2D eigenvalue weighted by atomic mass is 16.2. The van der Waals surface area contributed by atoms with Crippen LogP contribution in [0.3, 0.4) is 0 Å². The number of carbonyl (C=O) groups is 2. The van der Waals surface area contributed by atoms with Gasteiger partial charge in [-0.1, -0.05) is 35.9 Å². The highest BCUT2D eigenvalue weighted by Gasteiger charge is 2.31. The Balaban J connectivity index is 1.33. The predicted molar refractivity (Wildman–Crippen MR) is 111 cm³/mol. The first-order valence-corrected chi connectivity index (χ1v) is 9.77. The Labute approximate surface area is 165 Å². The first kappa shape index (κ1) is 18.3. The van der Waals surface area contributed by atoms with E-state index in [-0.39, 0.29) is 12.1 Å². The number of hydrogen-bond acceptors (Lipinski definition) is 2. The second-order valence-corrected chi connectivity index (χ2v) is 7.78. The summed E-state index contributed by atoms with van der Waals surface area (Å²) in [6, 6.07) is 14.1. The lowest BCUT2D eigenvalue weighted by atomic mass is 9.92. The van der Waals surface area contributed by atoms with E-state index in [2.05, 4.69) is 41.8 Å². The zero-order valence-electron chi connectivity index (χ0n) is 16.4. The van der Waals surface area contributed by atoms with Gasteiger partial charge in [-0.05, 0) is 49.4 Å². The molecule has 0 aliphatic carbocycles. The molecule has 0 unspecified atom stereocenters. The van der Waals surface area contributed by atoms with Crippen LogP contribution in [-0.2, 0) is 6.42 Å². The van der Waals surface area contributed by atoms with Gasteiger partial charge in [0, 0.05) is 31.9 Å². The summed E-state index contributed by atoms with van der Waals surface area (Å²) in [7, 11) is 0. The van der Waals surface area contributed by atoms with Gasteiger partial charge in [0.05, 0.1) is 5.69 Å². The molecule has 4 rings (SSSR count). The molecule has 2 fully saturated rings. The van der Waals surface area contributed by atoms with E-state index >= 15 is 0 Å². The summed E-state index contributed by atoms with van der Waals surface area (Å²) in [5.41, 5.74) is 5.16. The Morgan fingerprint density at radius 3 is 2.57 bits per heavy atom. The van der Waals surface area contributed by atoms with E-state index in [1.807, 2.05) is 30.0 Å². The maximum atomic E-state index is 12.5. The molecule has 0 aromatic heterocycles. The molecule has 28 heavy (non-hydrogen) atoms. The van der Waals surface area contributed by atoms with Crippen LogP contribution >= 0.6 is 0 Å². The molecule has 2 N–H and O–H groups in total. The van der Waals surface area contributed by atoms with Gasteiger partial charge in [0.1, 0.15) is 0 Å². The first-order valence-electron chi connectivity index (χ1n) is 9.77. The van der Waals surface area contributed by atoms with E-state index in [1.165, 1.54) is 11.1 Å². The molecule has 0 spiro atoms.